The number of methoxy groups -OCH3 is 1. The van der Waals surface area contributed by atoms with Crippen LogP contribution in [-0.4, -0.2) is 54.1 Å². The summed E-state index contributed by atoms with van der Waals surface area (Å²) in [4.78, 5) is 8.89. The van der Waals surface area contributed by atoms with Crippen LogP contribution in [0.4, 0.5) is 0 Å². The van der Waals surface area contributed by atoms with Crippen LogP contribution in [0, 0.1) is 0 Å². The number of guanidine groups is 1. The highest BCUT2D eigenvalue weighted by Gasteiger charge is 2.22. The van der Waals surface area contributed by atoms with Gasteiger partial charge in [0.2, 0.25) is 0 Å². The first-order valence-electron chi connectivity index (χ1n) is 10.0. The minimum atomic E-state index is 0. The van der Waals surface area contributed by atoms with Crippen LogP contribution in [0.25, 0.3) is 0 Å². The molecular weight excluding hydrogens is 499 g/mol. The number of aryl methyl sites for hydroxylation is 1. The van der Waals surface area contributed by atoms with Crippen molar-refractivity contribution in [2.75, 3.05) is 27.4 Å². The molecular formula is C20H29IN6O3. The van der Waals surface area contributed by atoms with Crippen LogP contribution in [-0.2, 0) is 30.9 Å². The van der Waals surface area contributed by atoms with Crippen molar-refractivity contribution in [1.82, 2.24) is 25.4 Å². The molecule has 0 saturated carbocycles. The van der Waals surface area contributed by atoms with E-state index in [9.17, 15) is 0 Å². The number of aromatic nitrogens is 3. The summed E-state index contributed by atoms with van der Waals surface area (Å²) in [5.74, 6) is 4.14. The van der Waals surface area contributed by atoms with Crippen LogP contribution >= 0.6 is 24.0 Å². The van der Waals surface area contributed by atoms with E-state index in [0.717, 1.165) is 60.5 Å². The summed E-state index contributed by atoms with van der Waals surface area (Å²) in [6, 6.07) is 6.29. The Bertz CT molecular complexity index is 872. The smallest absolute Gasteiger partial charge is 0.191 e. The van der Waals surface area contributed by atoms with E-state index in [4.69, 9.17) is 14.2 Å². The van der Waals surface area contributed by atoms with E-state index >= 15 is 0 Å². The lowest BCUT2D eigenvalue weighted by Crippen LogP contribution is -2.46. The molecule has 2 N–H and O–H groups in total. The summed E-state index contributed by atoms with van der Waals surface area (Å²) in [5, 5.41) is 11.4. The standard InChI is InChI=1S/C20H28N6O3.HI/c1-21-20(22-11-14-4-6-16-17(10-14)29-9-3-8-28-16)23-15-5-7-19-24-18(13-27-2)25-26(19)12-15;/h4,6,10,15H,3,5,7-9,11-13H2,1-2H3,(H2,21,22,23);1H. The van der Waals surface area contributed by atoms with E-state index in [1.165, 1.54) is 0 Å². The topological polar surface area (TPSA) is 94.8 Å². The van der Waals surface area contributed by atoms with Gasteiger partial charge in [0, 0.05) is 39.6 Å². The summed E-state index contributed by atoms with van der Waals surface area (Å²) >= 11 is 0. The first kappa shape index (κ1) is 22.6. The van der Waals surface area contributed by atoms with E-state index in [0.29, 0.717) is 26.4 Å². The van der Waals surface area contributed by atoms with Crippen molar-refractivity contribution in [3.05, 3.63) is 35.4 Å². The number of aliphatic imine (C=N–C) groups is 1. The molecule has 2 aliphatic rings. The number of hydrogen-bond donors (Lipinski definition) is 2. The Kier molecular flexibility index (Phi) is 8.14. The normalized spacial score (nSPS) is 18.1. The van der Waals surface area contributed by atoms with E-state index in [2.05, 4.69) is 25.7 Å². The second-order valence-electron chi connectivity index (χ2n) is 7.20. The fourth-order valence-electron chi connectivity index (χ4n) is 3.56. The fourth-order valence-corrected chi connectivity index (χ4v) is 3.56. The molecule has 0 amide bonds. The monoisotopic (exact) mass is 528 g/mol. The molecule has 2 aliphatic heterocycles. The summed E-state index contributed by atoms with van der Waals surface area (Å²) in [6.07, 6.45) is 2.77. The Labute approximate surface area is 193 Å². The maximum Gasteiger partial charge on any atom is 0.191 e. The van der Waals surface area contributed by atoms with Crippen LogP contribution < -0.4 is 20.1 Å². The molecule has 1 aromatic heterocycles. The second kappa shape index (κ2) is 10.8. The van der Waals surface area contributed by atoms with Gasteiger partial charge in [-0.15, -0.1) is 24.0 Å². The number of fused-ring (bicyclic) bond motifs is 2. The Morgan fingerprint density at radius 1 is 1.30 bits per heavy atom. The van der Waals surface area contributed by atoms with Gasteiger partial charge in [-0.1, -0.05) is 6.07 Å². The molecule has 0 radical (unpaired) electrons. The fraction of sp³-hybridized carbons (Fsp3) is 0.550. The molecule has 164 valence electrons. The van der Waals surface area contributed by atoms with Crippen molar-refractivity contribution in [2.24, 2.45) is 4.99 Å². The molecule has 10 heteroatoms. The second-order valence-corrected chi connectivity index (χ2v) is 7.20. The average Bonchev–Trinajstić information content (AvgIpc) is 2.98. The zero-order chi connectivity index (χ0) is 20.1. The van der Waals surface area contributed by atoms with E-state index < -0.39 is 0 Å². The minimum Gasteiger partial charge on any atom is -0.490 e. The van der Waals surface area contributed by atoms with Gasteiger partial charge in [0.25, 0.3) is 0 Å². The predicted octanol–water partition coefficient (Wildman–Crippen LogP) is 1.88. The number of benzene rings is 1. The molecule has 4 rings (SSSR count). The minimum absolute atomic E-state index is 0. The average molecular weight is 528 g/mol. The van der Waals surface area contributed by atoms with E-state index in [1.807, 2.05) is 22.9 Å². The Balaban J connectivity index is 0.00000256. The van der Waals surface area contributed by atoms with Crippen molar-refractivity contribution in [2.45, 2.75) is 45.0 Å². The highest BCUT2D eigenvalue weighted by Crippen LogP contribution is 2.30. The molecule has 30 heavy (non-hydrogen) atoms. The molecule has 3 heterocycles. The van der Waals surface area contributed by atoms with Gasteiger partial charge in [0.15, 0.2) is 23.3 Å². The third-order valence-electron chi connectivity index (χ3n) is 5.01. The largest absolute Gasteiger partial charge is 0.490 e. The van der Waals surface area contributed by atoms with E-state index in [1.54, 1.807) is 14.2 Å². The number of nitrogens with zero attached hydrogens (tertiary/aromatic N) is 4. The van der Waals surface area contributed by atoms with Crippen molar-refractivity contribution in [3.63, 3.8) is 0 Å². The van der Waals surface area contributed by atoms with Gasteiger partial charge >= 0.3 is 0 Å². The summed E-state index contributed by atoms with van der Waals surface area (Å²) in [6.45, 7) is 3.23. The van der Waals surface area contributed by atoms with Crippen LogP contribution in [0.5, 0.6) is 11.5 Å². The van der Waals surface area contributed by atoms with Crippen molar-refractivity contribution in [1.29, 1.82) is 0 Å². The lowest BCUT2D eigenvalue weighted by Gasteiger charge is -2.25. The summed E-state index contributed by atoms with van der Waals surface area (Å²) in [7, 11) is 3.44. The van der Waals surface area contributed by atoms with E-state index in [-0.39, 0.29) is 30.0 Å². The highest BCUT2D eigenvalue weighted by molar-refractivity contribution is 14.0. The number of hydrogen-bond acceptors (Lipinski definition) is 6. The molecule has 0 saturated heterocycles. The highest BCUT2D eigenvalue weighted by atomic mass is 127. The number of halogens is 1. The first-order valence-corrected chi connectivity index (χ1v) is 10.0. The van der Waals surface area contributed by atoms with Crippen LogP contribution in [0.1, 0.15) is 30.1 Å². The van der Waals surface area contributed by atoms with Gasteiger partial charge in [-0.05, 0) is 24.1 Å². The zero-order valence-electron chi connectivity index (χ0n) is 17.4. The number of rotatable bonds is 5. The lowest BCUT2D eigenvalue weighted by atomic mass is 10.1. The molecule has 1 unspecified atom stereocenters. The Hall–Kier alpha value is -2.08. The first-order chi connectivity index (χ1) is 14.2. The molecule has 0 spiro atoms. The van der Waals surface area contributed by atoms with Gasteiger partial charge in [0.1, 0.15) is 12.4 Å². The maximum atomic E-state index is 5.77. The van der Waals surface area contributed by atoms with Crippen molar-refractivity contribution in [3.8, 4) is 11.5 Å². The number of nitrogens with one attached hydrogen (secondary N) is 2. The molecule has 1 atom stereocenters. The van der Waals surface area contributed by atoms with Crippen molar-refractivity contribution < 1.29 is 14.2 Å². The lowest BCUT2D eigenvalue weighted by molar-refractivity contribution is 0.177. The summed E-state index contributed by atoms with van der Waals surface area (Å²) < 4.78 is 18.6. The third-order valence-corrected chi connectivity index (χ3v) is 5.01. The van der Waals surface area contributed by atoms with Gasteiger partial charge in [-0.25, -0.2) is 9.67 Å². The van der Waals surface area contributed by atoms with Gasteiger partial charge in [0.05, 0.1) is 19.8 Å². The summed E-state index contributed by atoms with van der Waals surface area (Å²) in [5.41, 5.74) is 1.11. The predicted molar refractivity (Wildman–Crippen MR) is 124 cm³/mol. The zero-order valence-corrected chi connectivity index (χ0v) is 19.7. The SMILES string of the molecule is CN=C(NCc1ccc2c(c1)OCCCO2)NC1CCc2nc(COC)nn2C1.I. The molecule has 0 bridgehead atoms. The van der Waals surface area contributed by atoms with Crippen LogP contribution in [0.3, 0.4) is 0 Å². The Morgan fingerprint density at radius 2 is 2.13 bits per heavy atom. The van der Waals surface area contributed by atoms with Gasteiger partial charge < -0.3 is 24.8 Å². The molecule has 2 aromatic rings. The maximum absolute atomic E-state index is 5.77. The third kappa shape index (κ3) is 5.54. The quantitative estimate of drug-likeness (QED) is 0.348. The van der Waals surface area contributed by atoms with Crippen molar-refractivity contribution >= 4 is 29.9 Å². The molecule has 9 nitrogen and oxygen atoms in total. The van der Waals surface area contributed by atoms with Crippen LogP contribution in [0.2, 0.25) is 0 Å². The molecule has 0 aliphatic carbocycles. The Morgan fingerprint density at radius 3 is 2.93 bits per heavy atom. The number of ether oxygens (including phenoxy) is 3. The van der Waals surface area contributed by atoms with Crippen LogP contribution in [0.15, 0.2) is 23.2 Å². The van der Waals surface area contributed by atoms with Gasteiger partial charge in [-0.3, -0.25) is 4.99 Å². The molecule has 1 aromatic carbocycles. The molecule has 0 fully saturated rings. The van der Waals surface area contributed by atoms with Gasteiger partial charge in [-0.2, -0.15) is 5.10 Å².